The van der Waals surface area contributed by atoms with Crippen molar-refractivity contribution in [2.24, 2.45) is 5.92 Å². The molecule has 0 bridgehead atoms. The second-order valence-electron chi connectivity index (χ2n) is 8.16. The summed E-state index contributed by atoms with van der Waals surface area (Å²) in [6.45, 7) is 10.3. The first-order chi connectivity index (χ1) is 15.3. The van der Waals surface area contributed by atoms with Crippen LogP contribution in [0, 0.1) is 12.8 Å². The highest BCUT2D eigenvalue weighted by Crippen LogP contribution is 2.30. The summed E-state index contributed by atoms with van der Waals surface area (Å²) in [5.74, 6) is 1.01. The molecule has 0 unspecified atom stereocenters. The average molecular weight is 494 g/mol. The number of aromatic nitrogens is 2. The second-order valence-corrected chi connectivity index (χ2v) is 9.98. The second kappa shape index (κ2) is 11.2. The summed E-state index contributed by atoms with van der Waals surface area (Å²) >= 11 is 13.6. The lowest BCUT2D eigenvalue weighted by Gasteiger charge is -2.13. The Hall–Kier alpha value is -2.02. The summed E-state index contributed by atoms with van der Waals surface area (Å²) in [7, 11) is 0. The van der Waals surface area contributed by atoms with Crippen LogP contribution in [0.15, 0.2) is 29.6 Å². The van der Waals surface area contributed by atoms with Crippen molar-refractivity contribution < 1.29 is 9.53 Å². The maximum absolute atomic E-state index is 12.8. The third kappa shape index (κ3) is 6.27. The molecule has 2 heterocycles. The number of thiazole rings is 1. The van der Waals surface area contributed by atoms with Crippen molar-refractivity contribution >= 4 is 40.4 Å². The van der Waals surface area contributed by atoms with E-state index in [-0.39, 0.29) is 5.91 Å². The number of rotatable bonds is 10. The lowest BCUT2D eigenvalue weighted by atomic mass is 10.2. The van der Waals surface area contributed by atoms with Gasteiger partial charge in [0.25, 0.3) is 5.91 Å². The monoisotopic (exact) mass is 493 g/mol. The summed E-state index contributed by atoms with van der Waals surface area (Å²) in [5.41, 5.74) is 3.46. The number of carbonyl (C=O) groups excluding carboxylic acids is 1. The summed E-state index contributed by atoms with van der Waals surface area (Å²) in [4.78, 5) is 17.5. The highest BCUT2D eigenvalue weighted by Gasteiger charge is 2.20. The topological polar surface area (TPSA) is 56.1 Å². The van der Waals surface area contributed by atoms with Crippen LogP contribution >= 0.6 is 34.5 Å². The van der Waals surface area contributed by atoms with Crippen molar-refractivity contribution in [2.75, 3.05) is 6.54 Å². The van der Waals surface area contributed by atoms with Crippen molar-refractivity contribution in [2.45, 2.75) is 53.7 Å². The highest BCUT2D eigenvalue weighted by atomic mass is 35.5. The first-order valence-electron chi connectivity index (χ1n) is 10.8. The van der Waals surface area contributed by atoms with Gasteiger partial charge in [-0.3, -0.25) is 4.79 Å². The molecule has 5 nitrogen and oxygen atoms in total. The van der Waals surface area contributed by atoms with Gasteiger partial charge in [-0.1, -0.05) is 50.4 Å². The molecule has 8 heteroatoms. The lowest BCUT2D eigenvalue weighted by molar-refractivity contribution is 0.0952. The third-order valence-electron chi connectivity index (χ3n) is 4.99. The van der Waals surface area contributed by atoms with E-state index in [1.165, 1.54) is 11.3 Å². The number of amides is 1. The van der Waals surface area contributed by atoms with Gasteiger partial charge in [-0.05, 0) is 43.5 Å². The Morgan fingerprint density at radius 2 is 1.94 bits per heavy atom. The van der Waals surface area contributed by atoms with Crippen molar-refractivity contribution in [3.63, 3.8) is 0 Å². The molecule has 0 saturated heterocycles. The number of halogens is 2. The van der Waals surface area contributed by atoms with E-state index in [0.717, 1.165) is 41.5 Å². The lowest BCUT2D eigenvalue weighted by Crippen LogP contribution is -2.24. The zero-order chi connectivity index (χ0) is 23.3. The minimum absolute atomic E-state index is 0.0312. The normalized spacial score (nSPS) is 11.2. The molecule has 0 aliphatic heterocycles. The van der Waals surface area contributed by atoms with E-state index in [1.54, 1.807) is 18.2 Å². The number of hydrogen-bond donors (Lipinski definition) is 1. The molecule has 0 saturated carbocycles. The predicted octanol–water partition coefficient (Wildman–Crippen LogP) is 6.99. The van der Waals surface area contributed by atoms with Crippen LogP contribution < -0.4 is 10.1 Å². The fourth-order valence-electron chi connectivity index (χ4n) is 3.41. The van der Waals surface area contributed by atoms with Crippen molar-refractivity contribution in [3.8, 4) is 17.1 Å². The van der Waals surface area contributed by atoms with Crippen LogP contribution in [0.25, 0.3) is 11.4 Å². The Bertz CT molecular complexity index is 1060. The van der Waals surface area contributed by atoms with Crippen LogP contribution in [0.1, 0.15) is 54.7 Å². The fraction of sp³-hybridized carbons (Fsp3) is 0.417. The Labute approximate surface area is 203 Å². The van der Waals surface area contributed by atoms with E-state index in [0.29, 0.717) is 40.4 Å². The van der Waals surface area contributed by atoms with E-state index in [9.17, 15) is 4.79 Å². The largest absolute Gasteiger partial charge is 0.486 e. The number of ether oxygens (including phenoxy) is 1. The van der Waals surface area contributed by atoms with Gasteiger partial charge >= 0.3 is 0 Å². The maximum atomic E-state index is 12.8. The van der Waals surface area contributed by atoms with Crippen LogP contribution in [0.5, 0.6) is 5.75 Å². The molecular formula is C24H29Cl2N3O2S. The molecule has 0 fully saturated rings. The van der Waals surface area contributed by atoms with Crippen LogP contribution in [-0.2, 0) is 13.2 Å². The standard InChI is InChI=1S/C24H29Cl2N3O2S/c1-5-6-7-27-24(30)20-11-22(29(16(20)4)12-15(2)3)21-14-32-23(28-21)13-31-19-9-17(25)8-18(26)10-19/h8-11,14-15H,5-7,12-13H2,1-4H3,(H,27,30). The van der Waals surface area contributed by atoms with Gasteiger partial charge in [-0.25, -0.2) is 4.98 Å². The number of nitrogens with one attached hydrogen (secondary N) is 1. The quantitative estimate of drug-likeness (QED) is 0.309. The van der Waals surface area contributed by atoms with E-state index in [4.69, 9.17) is 32.9 Å². The highest BCUT2D eigenvalue weighted by molar-refractivity contribution is 7.09. The van der Waals surface area contributed by atoms with Gasteiger partial charge in [0.15, 0.2) is 0 Å². The van der Waals surface area contributed by atoms with Crippen molar-refractivity contribution in [3.05, 3.63) is 56.0 Å². The Kier molecular flexibility index (Phi) is 8.63. The van der Waals surface area contributed by atoms with Crippen molar-refractivity contribution in [1.29, 1.82) is 0 Å². The summed E-state index contributed by atoms with van der Waals surface area (Å²) in [5, 5.41) is 6.92. The molecule has 0 radical (unpaired) electrons. The summed E-state index contributed by atoms with van der Waals surface area (Å²) in [6.07, 6.45) is 2.02. The van der Waals surface area contributed by atoms with Gasteiger partial charge < -0.3 is 14.6 Å². The van der Waals surface area contributed by atoms with Crippen molar-refractivity contribution in [1.82, 2.24) is 14.9 Å². The molecule has 0 spiro atoms. The van der Waals surface area contributed by atoms with Crippen LogP contribution in [-0.4, -0.2) is 22.0 Å². The molecule has 3 rings (SSSR count). The van der Waals surface area contributed by atoms with Gasteiger partial charge in [0, 0.05) is 34.2 Å². The molecule has 0 atom stereocenters. The van der Waals surface area contributed by atoms with Crippen LogP contribution in [0.4, 0.5) is 0 Å². The van der Waals surface area contributed by atoms with Gasteiger partial charge in [-0.15, -0.1) is 11.3 Å². The molecule has 2 aromatic heterocycles. The maximum Gasteiger partial charge on any atom is 0.253 e. The number of unbranched alkanes of at least 4 members (excludes halogenated alkanes) is 1. The van der Waals surface area contributed by atoms with E-state index >= 15 is 0 Å². The Morgan fingerprint density at radius 1 is 1.22 bits per heavy atom. The SMILES string of the molecule is CCCCNC(=O)c1cc(-c2csc(COc3cc(Cl)cc(Cl)c3)n2)n(CC(C)C)c1C. The van der Waals surface area contributed by atoms with E-state index < -0.39 is 0 Å². The molecule has 32 heavy (non-hydrogen) atoms. The zero-order valence-corrected chi connectivity index (χ0v) is 21.2. The first-order valence-corrected chi connectivity index (χ1v) is 12.4. The van der Waals surface area contributed by atoms with Gasteiger partial charge in [-0.2, -0.15) is 0 Å². The molecule has 1 N–H and O–H groups in total. The Balaban J connectivity index is 1.82. The number of benzene rings is 1. The zero-order valence-electron chi connectivity index (χ0n) is 18.9. The minimum atomic E-state index is -0.0312. The number of carbonyl (C=O) groups is 1. The minimum Gasteiger partial charge on any atom is -0.486 e. The van der Waals surface area contributed by atoms with Gasteiger partial charge in [0.1, 0.15) is 17.4 Å². The molecule has 1 amide bonds. The Morgan fingerprint density at radius 3 is 2.59 bits per heavy atom. The van der Waals surface area contributed by atoms with E-state index in [1.807, 2.05) is 18.4 Å². The third-order valence-corrected chi connectivity index (χ3v) is 6.25. The van der Waals surface area contributed by atoms with Gasteiger partial charge in [0.05, 0.1) is 17.0 Å². The summed E-state index contributed by atoms with van der Waals surface area (Å²) in [6, 6.07) is 7.07. The first kappa shape index (κ1) is 24.6. The molecule has 0 aliphatic rings. The fourth-order valence-corrected chi connectivity index (χ4v) is 4.62. The smallest absolute Gasteiger partial charge is 0.253 e. The number of nitrogens with zero attached hydrogens (tertiary/aromatic N) is 2. The summed E-state index contributed by atoms with van der Waals surface area (Å²) < 4.78 is 8.02. The molecule has 3 aromatic rings. The average Bonchev–Trinajstić information content (AvgIpc) is 3.31. The molecule has 0 aliphatic carbocycles. The molecule has 172 valence electrons. The van der Waals surface area contributed by atoms with Crippen LogP contribution in [0.2, 0.25) is 10.0 Å². The van der Waals surface area contributed by atoms with Gasteiger partial charge in [0.2, 0.25) is 0 Å². The molecule has 1 aromatic carbocycles. The number of hydrogen-bond acceptors (Lipinski definition) is 4. The van der Waals surface area contributed by atoms with E-state index in [2.05, 4.69) is 30.7 Å². The molecular weight excluding hydrogens is 465 g/mol. The van der Waals surface area contributed by atoms with Crippen LogP contribution in [0.3, 0.4) is 0 Å². The predicted molar refractivity (Wildman–Crippen MR) is 133 cm³/mol.